The number of ether oxygens (including phenoxy) is 1. The highest BCUT2D eigenvalue weighted by atomic mass is 16.6. The zero-order valence-electron chi connectivity index (χ0n) is 22.9. The number of hydrogen-bond donors (Lipinski definition) is 1. The minimum Gasteiger partial charge on any atom is -0.443 e. The second-order valence-electron chi connectivity index (χ2n) is 12.8. The van der Waals surface area contributed by atoms with Crippen molar-refractivity contribution in [1.29, 1.82) is 0 Å². The molecule has 1 N–H and O–H groups in total. The Morgan fingerprint density at radius 1 is 1.08 bits per heavy atom. The van der Waals surface area contributed by atoms with Crippen LogP contribution in [0.5, 0.6) is 0 Å². The summed E-state index contributed by atoms with van der Waals surface area (Å²) in [5, 5.41) is 17.4. The molecule has 4 rings (SSSR count). The smallest absolute Gasteiger partial charge is 0.415 e. The summed E-state index contributed by atoms with van der Waals surface area (Å²) in [4.78, 5) is 20.5. The van der Waals surface area contributed by atoms with Gasteiger partial charge in [-0.25, -0.2) is 14.5 Å². The maximum absolute atomic E-state index is 13.8. The van der Waals surface area contributed by atoms with Crippen molar-refractivity contribution in [2.75, 3.05) is 4.90 Å². The Kier molecular flexibility index (Phi) is 6.66. The van der Waals surface area contributed by atoms with Crippen molar-refractivity contribution in [2.45, 2.75) is 105 Å². The van der Waals surface area contributed by atoms with Crippen molar-refractivity contribution in [1.82, 2.24) is 24.4 Å². The van der Waals surface area contributed by atoms with Gasteiger partial charge in [0.25, 0.3) is 0 Å². The topological polar surface area (TPSA) is 97.8 Å². The lowest BCUT2D eigenvalue weighted by atomic mass is 9.80. The molecule has 1 aliphatic carbocycles. The minimum atomic E-state index is -0.629. The van der Waals surface area contributed by atoms with Gasteiger partial charge in [0.2, 0.25) is 0 Å². The molecule has 0 bridgehead atoms. The lowest BCUT2D eigenvalue weighted by molar-refractivity contribution is 0.0531. The molecule has 9 nitrogen and oxygen atoms in total. The van der Waals surface area contributed by atoms with Crippen molar-refractivity contribution in [3.63, 3.8) is 0 Å². The summed E-state index contributed by atoms with van der Waals surface area (Å²) < 4.78 is 9.62. The van der Waals surface area contributed by atoms with E-state index in [1.165, 1.54) is 5.56 Å². The number of rotatable bonds is 7. The van der Waals surface area contributed by atoms with Gasteiger partial charge in [-0.2, -0.15) is 0 Å². The van der Waals surface area contributed by atoms with Crippen LogP contribution in [-0.2, 0) is 17.9 Å². The van der Waals surface area contributed by atoms with E-state index in [9.17, 15) is 9.90 Å². The van der Waals surface area contributed by atoms with E-state index in [4.69, 9.17) is 9.72 Å². The van der Waals surface area contributed by atoms with Gasteiger partial charge in [-0.05, 0) is 76.8 Å². The van der Waals surface area contributed by atoms with Crippen LogP contribution in [0.1, 0.15) is 97.5 Å². The van der Waals surface area contributed by atoms with Crippen molar-refractivity contribution in [2.24, 2.45) is 5.41 Å². The Labute approximate surface area is 213 Å². The predicted octanol–water partition coefficient (Wildman–Crippen LogP) is 5.30. The Morgan fingerprint density at radius 2 is 1.78 bits per heavy atom. The van der Waals surface area contributed by atoms with Crippen molar-refractivity contribution in [3.8, 4) is 0 Å². The van der Waals surface area contributed by atoms with E-state index < -0.39 is 11.1 Å². The normalized spacial score (nSPS) is 14.9. The fraction of sp³-hybridized carbons (Fsp3) is 0.630. The monoisotopic (exact) mass is 496 g/mol. The Hall–Kier alpha value is -2.94. The van der Waals surface area contributed by atoms with Crippen molar-refractivity contribution in [3.05, 3.63) is 41.6 Å². The number of carbonyl (C=O) groups excluding carboxylic acids is 1. The van der Waals surface area contributed by atoms with Gasteiger partial charge in [-0.1, -0.05) is 26.0 Å². The third-order valence-electron chi connectivity index (χ3n) is 6.11. The van der Waals surface area contributed by atoms with E-state index in [1.54, 1.807) is 15.8 Å². The minimum absolute atomic E-state index is 0.00770. The summed E-state index contributed by atoms with van der Waals surface area (Å²) in [5.41, 5.74) is 2.78. The number of nitrogens with zero attached hydrogens (tertiary/aromatic N) is 6. The molecule has 196 valence electrons. The Morgan fingerprint density at radius 3 is 2.33 bits per heavy atom. The summed E-state index contributed by atoms with van der Waals surface area (Å²) in [6, 6.07) is 2.12. The van der Waals surface area contributed by atoms with Gasteiger partial charge >= 0.3 is 6.09 Å². The van der Waals surface area contributed by atoms with Gasteiger partial charge in [-0.3, -0.25) is 4.90 Å². The number of fused-ring (bicyclic) bond motifs is 1. The predicted molar refractivity (Wildman–Crippen MR) is 139 cm³/mol. The van der Waals surface area contributed by atoms with Gasteiger partial charge < -0.3 is 14.2 Å². The molecule has 0 spiro atoms. The summed E-state index contributed by atoms with van der Waals surface area (Å²) in [5.74, 6) is 0.493. The first-order chi connectivity index (χ1) is 16.6. The van der Waals surface area contributed by atoms with Crippen molar-refractivity contribution < 1.29 is 14.6 Å². The number of imidazole rings is 1. The maximum Gasteiger partial charge on any atom is 0.415 e. The average Bonchev–Trinajstić information content (AvgIpc) is 3.32. The van der Waals surface area contributed by atoms with Gasteiger partial charge in [0, 0.05) is 17.9 Å². The Balaban J connectivity index is 1.84. The average molecular weight is 497 g/mol. The highest BCUT2D eigenvalue weighted by Crippen LogP contribution is 2.44. The number of pyridine rings is 1. The molecule has 3 heterocycles. The molecule has 0 aromatic carbocycles. The molecule has 3 aromatic rings. The maximum atomic E-state index is 13.8. The summed E-state index contributed by atoms with van der Waals surface area (Å²) in [6.07, 6.45) is 8.50. The number of aromatic nitrogens is 5. The molecule has 3 aromatic heterocycles. The van der Waals surface area contributed by atoms with E-state index in [2.05, 4.69) is 57.2 Å². The van der Waals surface area contributed by atoms with Gasteiger partial charge in [0.1, 0.15) is 11.3 Å². The van der Waals surface area contributed by atoms with Crippen LogP contribution < -0.4 is 4.90 Å². The number of carbonyl (C=O) groups is 1. The molecule has 0 saturated heterocycles. The first-order valence-electron chi connectivity index (χ1n) is 12.7. The van der Waals surface area contributed by atoms with E-state index in [0.717, 1.165) is 30.6 Å². The zero-order chi connectivity index (χ0) is 26.5. The highest BCUT2D eigenvalue weighted by Gasteiger charge is 2.40. The lowest BCUT2D eigenvalue weighted by Gasteiger charge is -2.42. The number of amides is 1. The molecule has 1 aliphatic rings. The van der Waals surface area contributed by atoms with Crippen molar-refractivity contribution >= 4 is 17.4 Å². The summed E-state index contributed by atoms with van der Waals surface area (Å²) in [7, 11) is 0. The molecule has 9 heteroatoms. The standard InChI is InChI=1S/C27H40N6O3/c1-25(2,3)17-27(7,8)33(24(35)36-26(4,5)6)22-11-19(18-9-10-18)12-31-13-20(28-23(22)31)14-32-15-21(16-34)29-30-32/h11-13,15,18,34H,9-10,14,16-17H2,1-8H3. The summed E-state index contributed by atoms with van der Waals surface area (Å²) in [6.45, 7) is 16.7. The molecule has 1 fully saturated rings. The van der Waals surface area contributed by atoms with Crippen LogP contribution in [0.3, 0.4) is 0 Å². The van der Waals surface area contributed by atoms with E-state index in [-0.39, 0.29) is 18.1 Å². The van der Waals surface area contributed by atoms with Crippen LogP contribution in [0.25, 0.3) is 5.65 Å². The van der Waals surface area contributed by atoms with Crippen LogP contribution in [0.15, 0.2) is 24.7 Å². The van der Waals surface area contributed by atoms with Gasteiger partial charge in [0.05, 0.1) is 30.7 Å². The van der Waals surface area contributed by atoms with Crippen LogP contribution in [0.4, 0.5) is 10.5 Å². The zero-order valence-corrected chi connectivity index (χ0v) is 22.9. The lowest BCUT2D eigenvalue weighted by Crippen LogP contribution is -2.52. The molecule has 1 saturated carbocycles. The number of hydrogen-bond acceptors (Lipinski definition) is 6. The summed E-state index contributed by atoms with van der Waals surface area (Å²) >= 11 is 0. The molecular weight excluding hydrogens is 456 g/mol. The molecule has 0 aliphatic heterocycles. The molecular formula is C27H40N6O3. The fourth-order valence-corrected chi connectivity index (χ4v) is 5.04. The van der Waals surface area contributed by atoms with Crippen LogP contribution in [0, 0.1) is 5.41 Å². The third-order valence-corrected chi connectivity index (χ3v) is 6.11. The number of aliphatic hydroxyl groups excluding tert-OH is 1. The Bertz CT molecular complexity index is 1240. The largest absolute Gasteiger partial charge is 0.443 e. The second kappa shape index (κ2) is 9.18. The first-order valence-corrected chi connectivity index (χ1v) is 12.7. The molecule has 0 unspecified atom stereocenters. The molecule has 0 radical (unpaired) electrons. The van der Waals surface area contributed by atoms with E-state index in [0.29, 0.717) is 23.8 Å². The van der Waals surface area contributed by atoms with Crippen LogP contribution >= 0.6 is 0 Å². The first kappa shape index (κ1) is 26.1. The van der Waals surface area contributed by atoms with E-state index >= 15 is 0 Å². The van der Waals surface area contributed by atoms with Crippen LogP contribution in [-0.4, -0.2) is 46.7 Å². The SMILES string of the molecule is CC(C)(C)CC(C)(C)N(C(=O)OC(C)(C)C)c1cc(C2CC2)cn2cc(Cn3cc(CO)nn3)nc12. The second-order valence-corrected chi connectivity index (χ2v) is 12.8. The molecule has 36 heavy (non-hydrogen) atoms. The number of anilines is 1. The molecule has 1 amide bonds. The van der Waals surface area contributed by atoms with Gasteiger partial charge in [0.15, 0.2) is 5.65 Å². The quantitative estimate of drug-likeness (QED) is 0.477. The highest BCUT2D eigenvalue weighted by molar-refractivity contribution is 5.94. The fourth-order valence-electron chi connectivity index (χ4n) is 5.04. The molecule has 0 atom stereocenters. The van der Waals surface area contributed by atoms with Crippen LogP contribution in [0.2, 0.25) is 0 Å². The van der Waals surface area contributed by atoms with E-state index in [1.807, 2.05) is 31.4 Å². The van der Waals surface area contributed by atoms with Gasteiger partial charge in [-0.15, -0.1) is 5.10 Å². The third kappa shape index (κ3) is 6.06. The number of aliphatic hydroxyl groups is 1.